The molecule has 5 rings (SSSR count). The molecule has 168 valence electrons. The number of nitrogens with one attached hydrogen (secondary N) is 1. The summed E-state index contributed by atoms with van der Waals surface area (Å²) in [6.45, 7) is -1.08. The van der Waals surface area contributed by atoms with Gasteiger partial charge in [0.1, 0.15) is 5.75 Å². The van der Waals surface area contributed by atoms with Crippen LogP contribution in [-0.2, 0) is 6.42 Å². The summed E-state index contributed by atoms with van der Waals surface area (Å²) in [5, 5.41) is 12.3. The van der Waals surface area contributed by atoms with Gasteiger partial charge in [-0.2, -0.15) is 8.78 Å². The zero-order valence-electron chi connectivity index (χ0n) is 17.8. The molecule has 1 atom stereocenters. The van der Waals surface area contributed by atoms with Gasteiger partial charge in [0, 0.05) is 11.6 Å². The van der Waals surface area contributed by atoms with Crippen molar-refractivity contribution in [3.05, 3.63) is 77.2 Å². The van der Waals surface area contributed by atoms with Crippen LogP contribution >= 0.6 is 0 Å². The molecule has 1 aliphatic rings. The summed E-state index contributed by atoms with van der Waals surface area (Å²) < 4.78 is 31.2. The van der Waals surface area contributed by atoms with Gasteiger partial charge in [0.15, 0.2) is 5.69 Å². The number of amides is 1. The first-order valence-corrected chi connectivity index (χ1v) is 10.7. The molecule has 0 radical (unpaired) electrons. The normalized spacial score (nSPS) is 15.5. The van der Waals surface area contributed by atoms with Crippen molar-refractivity contribution < 1.29 is 18.3 Å². The van der Waals surface area contributed by atoms with Crippen LogP contribution in [0.15, 0.2) is 54.7 Å². The molecule has 0 saturated carbocycles. The summed E-state index contributed by atoms with van der Waals surface area (Å²) in [4.78, 5) is 17.5. The number of alkyl halides is 2. The Labute approximate surface area is 188 Å². The zero-order chi connectivity index (χ0) is 22.9. The van der Waals surface area contributed by atoms with Crippen LogP contribution < -0.4 is 10.1 Å². The van der Waals surface area contributed by atoms with Crippen LogP contribution in [0.3, 0.4) is 0 Å². The third-order valence-corrected chi connectivity index (χ3v) is 5.91. The van der Waals surface area contributed by atoms with Crippen LogP contribution in [-0.4, -0.2) is 32.5 Å². The first-order valence-electron chi connectivity index (χ1n) is 10.7. The summed E-state index contributed by atoms with van der Waals surface area (Å²) in [5.74, 6) is -0.212. The molecule has 1 N–H and O–H groups in total. The Bertz CT molecular complexity index is 1330. The number of para-hydroxylation sites is 1. The van der Waals surface area contributed by atoms with Gasteiger partial charge in [0.05, 0.1) is 22.9 Å². The number of pyridine rings is 1. The van der Waals surface area contributed by atoms with E-state index < -0.39 is 6.61 Å². The van der Waals surface area contributed by atoms with E-state index in [9.17, 15) is 13.6 Å². The maximum atomic E-state index is 13.1. The Kier molecular flexibility index (Phi) is 5.45. The van der Waals surface area contributed by atoms with Crippen molar-refractivity contribution in [2.75, 3.05) is 0 Å². The van der Waals surface area contributed by atoms with Crippen LogP contribution in [0.4, 0.5) is 8.78 Å². The molecular weight excluding hydrogens is 428 g/mol. The van der Waals surface area contributed by atoms with E-state index in [0.717, 1.165) is 47.0 Å². The van der Waals surface area contributed by atoms with Crippen molar-refractivity contribution in [2.45, 2.75) is 38.8 Å². The first-order chi connectivity index (χ1) is 16.0. The number of hydrogen-bond acceptors (Lipinski definition) is 5. The van der Waals surface area contributed by atoms with E-state index in [1.165, 1.54) is 6.07 Å². The number of ether oxygens (including phenoxy) is 1. The third kappa shape index (κ3) is 4.02. The van der Waals surface area contributed by atoms with E-state index in [0.29, 0.717) is 5.69 Å². The first kappa shape index (κ1) is 21.0. The van der Waals surface area contributed by atoms with Crippen molar-refractivity contribution in [1.29, 1.82) is 0 Å². The van der Waals surface area contributed by atoms with E-state index in [1.807, 2.05) is 30.3 Å². The van der Waals surface area contributed by atoms with E-state index in [1.54, 1.807) is 29.9 Å². The Morgan fingerprint density at radius 1 is 1.21 bits per heavy atom. The minimum absolute atomic E-state index is 0.123. The van der Waals surface area contributed by atoms with E-state index >= 15 is 0 Å². The minimum atomic E-state index is -2.87. The largest absolute Gasteiger partial charge is 0.435 e. The molecule has 1 aliphatic carbocycles. The fourth-order valence-corrected chi connectivity index (χ4v) is 4.37. The summed E-state index contributed by atoms with van der Waals surface area (Å²) in [6, 6.07) is 14.2. The van der Waals surface area contributed by atoms with Crippen LogP contribution in [0, 0.1) is 6.92 Å². The highest BCUT2D eigenvalue weighted by Gasteiger charge is 2.26. The topological polar surface area (TPSA) is 81.9 Å². The second-order valence-electron chi connectivity index (χ2n) is 7.94. The second-order valence-corrected chi connectivity index (χ2v) is 7.94. The maximum absolute atomic E-state index is 13.1. The highest BCUT2D eigenvalue weighted by atomic mass is 19.3. The predicted octanol–water partition coefficient (Wildman–Crippen LogP) is 4.53. The summed E-state index contributed by atoms with van der Waals surface area (Å²) in [6.07, 6.45) is 4.02. The van der Waals surface area contributed by atoms with Crippen molar-refractivity contribution in [1.82, 2.24) is 25.3 Å². The number of halogens is 2. The molecule has 33 heavy (non-hydrogen) atoms. The number of rotatable bonds is 5. The van der Waals surface area contributed by atoms with Gasteiger partial charge >= 0.3 is 6.61 Å². The number of benzene rings is 2. The minimum Gasteiger partial charge on any atom is -0.435 e. The number of carbonyl (C=O) groups is 1. The molecule has 2 aromatic heterocycles. The number of hydrogen-bond donors (Lipinski definition) is 1. The number of nitrogens with zero attached hydrogens (tertiary/aromatic N) is 4. The molecule has 4 aromatic rings. The number of aryl methyl sites for hydroxylation is 1. The fourth-order valence-electron chi connectivity index (χ4n) is 4.37. The van der Waals surface area contributed by atoms with Crippen molar-refractivity contribution >= 4 is 16.8 Å². The lowest BCUT2D eigenvalue weighted by molar-refractivity contribution is -0.0499. The molecule has 0 fully saturated rings. The average Bonchev–Trinajstić information content (AvgIpc) is 3.19. The summed E-state index contributed by atoms with van der Waals surface area (Å²) in [5.41, 5.74) is 4.14. The van der Waals surface area contributed by atoms with Crippen molar-refractivity contribution in [2.24, 2.45) is 0 Å². The average molecular weight is 449 g/mol. The molecule has 2 heterocycles. The van der Waals surface area contributed by atoms with Gasteiger partial charge in [-0.05, 0) is 61.6 Å². The Morgan fingerprint density at radius 2 is 2.06 bits per heavy atom. The Balaban J connectivity index is 1.40. The van der Waals surface area contributed by atoms with Gasteiger partial charge in [-0.15, -0.1) is 5.10 Å². The lowest BCUT2D eigenvalue weighted by Crippen LogP contribution is -2.31. The Hall–Kier alpha value is -3.88. The predicted molar refractivity (Wildman–Crippen MR) is 118 cm³/mol. The van der Waals surface area contributed by atoms with Gasteiger partial charge in [0.25, 0.3) is 5.91 Å². The fraction of sp³-hybridized carbons (Fsp3) is 0.250. The molecule has 1 unspecified atom stereocenters. The smallest absolute Gasteiger partial charge is 0.387 e. The van der Waals surface area contributed by atoms with Gasteiger partial charge in [0.2, 0.25) is 0 Å². The second kappa shape index (κ2) is 8.57. The number of carbonyl (C=O) groups excluding carboxylic acids is 1. The molecule has 0 bridgehead atoms. The van der Waals surface area contributed by atoms with Gasteiger partial charge in [-0.1, -0.05) is 29.5 Å². The standard InChI is InChI=1S/C24H21F2N5O2/c1-14-21(29-30-31(14)20-9-3-5-15-7-4-12-27-22(15)20)23(32)28-19-8-2-6-16-13-17(33-24(25)26)10-11-18(16)19/h3-5,7,9-13,19,24H,2,6,8H2,1H3,(H,28,32). The Morgan fingerprint density at radius 3 is 2.91 bits per heavy atom. The van der Waals surface area contributed by atoms with Crippen LogP contribution in [0.5, 0.6) is 5.75 Å². The molecule has 2 aromatic carbocycles. The van der Waals surface area contributed by atoms with Crippen molar-refractivity contribution in [3.8, 4) is 11.4 Å². The maximum Gasteiger partial charge on any atom is 0.387 e. The highest BCUT2D eigenvalue weighted by molar-refractivity contribution is 5.94. The molecule has 1 amide bonds. The summed E-state index contributed by atoms with van der Waals surface area (Å²) >= 11 is 0. The third-order valence-electron chi connectivity index (χ3n) is 5.91. The number of aromatic nitrogens is 4. The van der Waals surface area contributed by atoms with Gasteiger partial charge < -0.3 is 10.1 Å². The molecule has 0 saturated heterocycles. The van der Waals surface area contributed by atoms with Gasteiger partial charge in [-0.3, -0.25) is 9.78 Å². The van der Waals surface area contributed by atoms with Gasteiger partial charge in [-0.25, -0.2) is 4.68 Å². The quantitative estimate of drug-likeness (QED) is 0.484. The van der Waals surface area contributed by atoms with Crippen LogP contribution in [0.25, 0.3) is 16.6 Å². The van der Waals surface area contributed by atoms with Crippen molar-refractivity contribution in [3.63, 3.8) is 0 Å². The lowest BCUT2D eigenvalue weighted by atomic mass is 9.87. The number of fused-ring (bicyclic) bond motifs is 2. The van der Waals surface area contributed by atoms with E-state index in [4.69, 9.17) is 0 Å². The monoisotopic (exact) mass is 449 g/mol. The van der Waals surface area contributed by atoms with E-state index in [-0.39, 0.29) is 23.4 Å². The SMILES string of the molecule is Cc1c(C(=O)NC2CCCc3cc(OC(F)F)ccc32)nnn1-c1cccc2cccnc12. The molecule has 7 nitrogen and oxygen atoms in total. The molecule has 9 heteroatoms. The lowest BCUT2D eigenvalue weighted by Gasteiger charge is -2.26. The molecular formula is C24H21F2N5O2. The van der Waals surface area contributed by atoms with Crippen LogP contribution in [0.1, 0.15) is 46.2 Å². The van der Waals surface area contributed by atoms with Crippen LogP contribution in [0.2, 0.25) is 0 Å². The zero-order valence-corrected chi connectivity index (χ0v) is 17.8. The molecule has 0 aliphatic heterocycles. The highest BCUT2D eigenvalue weighted by Crippen LogP contribution is 2.33. The molecule has 0 spiro atoms. The van der Waals surface area contributed by atoms with E-state index in [2.05, 4.69) is 25.3 Å². The summed E-state index contributed by atoms with van der Waals surface area (Å²) in [7, 11) is 0.